The molecule has 0 heterocycles. The van der Waals surface area contributed by atoms with Crippen molar-refractivity contribution in [1.82, 2.24) is 0 Å². The second-order valence-electron chi connectivity index (χ2n) is 10.9. The van der Waals surface area contributed by atoms with Crippen molar-refractivity contribution in [3.63, 3.8) is 0 Å². The van der Waals surface area contributed by atoms with Crippen LogP contribution in [-0.2, 0) is 4.57 Å². The number of benzene rings is 6. The summed E-state index contributed by atoms with van der Waals surface area (Å²) < 4.78 is 13.8. The predicted molar refractivity (Wildman–Crippen MR) is 192 cm³/mol. The van der Waals surface area contributed by atoms with Gasteiger partial charge in [0.05, 0.1) is 0 Å². The number of hydrogen-bond acceptors (Lipinski definition) is 1. The number of aryl methyl sites for hydroxylation is 3. The quantitative estimate of drug-likeness (QED) is 0.181. The van der Waals surface area contributed by atoms with Crippen molar-refractivity contribution in [2.24, 2.45) is 0 Å². The Bertz CT molecular complexity index is 1620. The minimum absolute atomic E-state index is 0.873. The molecule has 0 saturated carbocycles. The fourth-order valence-electron chi connectivity index (χ4n) is 5.21. The maximum atomic E-state index is 13.8. The highest BCUT2D eigenvalue weighted by Crippen LogP contribution is 2.42. The first-order valence-electron chi connectivity index (χ1n) is 14.5. The molecule has 0 atom stereocenters. The first-order valence-corrected chi connectivity index (χ1v) is 18.2. The van der Waals surface area contributed by atoms with Crippen molar-refractivity contribution in [2.75, 3.05) is 0 Å². The van der Waals surface area contributed by atoms with Crippen LogP contribution in [0.2, 0.25) is 0 Å². The Labute approximate surface area is 257 Å². The second kappa shape index (κ2) is 13.4. The lowest BCUT2D eigenvalue weighted by Gasteiger charge is -2.27. The van der Waals surface area contributed by atoms with E-state index in [0.29, 0.717) is 0 Å². The molecule has 0 aliphatic heterocycles. The van der Waals surface area contributed by atoms with Crippen LogP contribution in [0, 0.1) is 20.8 Å². The number of hydrogen-bond donors (Lipinski definition) is 0. The third-order valence-electron chi connectivity index (χ3n) is 7.78. The van der Waals surface area contributed by atoms with Gasteiger partial charge in [-0.25, -0.2) is 0 Å². The van der Waals surface area contributed by atoms with E-state index in [1.165, 1.54) is 32.6 Å². The van der Waals surface area contributed by atoms with Gasteiger partial charge in [0.15, 0.2) is 7.14 Å². The summed E-state index contributed by atoms with van der Waals surface area (Å²) in [6, 6.07) is 55.8. The van der Waals surface area contributed by atoms with E-state index in [4.69, 9.17) is 6.30 Å². The lowest BCUT2D eigenvalue weighted by atomic mass is 10.2. The molecule has 0 bridgehead atoms. The molecule has 0 fully saturated rings. The number of rotatable bonds is 6. The summed E-state index contributed by atoms with van der Waals surface area (Å²) in [5.41, 5.74) is 3.86. The molecular formula is C40H38OP2. The average molecular weight is 597 g/mol. The van der Waals surface area contributed by atoms with Crippen LogP contribution in [-0.4, -0.2) is 6.30 Å². The van der Waals surface area contributed by atoms with Crippen molar-refractivity contribution in [3.05, 3.63) is 180 Å². The first kappa shape index (κ1) is 30.3. The van der Waals surface area contributed by atoms with E-state index < -0.39 is 14.0 Å². The molecule has 0 aromatic heterocycles. The molecule has 6 aromatic rings. The molecule has 0 amide bonds. The van der Waals surface area contributed by atoms with Crippen LogP contribution < -0.4 is 31.8 Å². The molecule has 0 aliphatic carbocycles. The van der Waals surface area contributed by atoms with Crippen LogP contribution >= 0.6 is 14.0 Å². The lowest BCUT2D eigenvalue weighted by Crippen LogP contribution is -2.25. The molecular weight excluding hydrogens is 558 g/mol. The summed E-state index contributed by atoms with van der Waals surface area (Å²) in [6.45, 7) is 4.55. The largest absolute Gasteiger partial charge is 0.309 e. The van der Waals surface area contributed by atoms with Gasteiger partial charge in [-0.05, 0) is 43.6 Å². The van der Waals surface area contributed by atoms with Gasteiger partial charge in [-0.3, -0.25) is 0 Å². The van der Waals surface area contributed by atoms with Gasteiger partial charge in [0.2, 0.25) is 0 Å². The molecule has 0 radical (unpaired) electrons. The van der Waals surface area contributed by atoms with E-state index in [-0.39, 0.29) is 0 Å². The second-order valence-corrected chi connectivity index (χ2v) is 16.9. The van der Waals surface area contributed by atoms with Crippen LogP contribution in [0.4, 0.5) is 0 Å². The fourth-order valence-corrected chi connectivity index (χ4v) is 10.7. The zero-order valence-electron chi connectivity index (χ0n) is 25.1. The van der Waals surface area contributed by atoms with Gasteiger partial charge < -0.3 is 4.57 Å². The Kier molecular flexibility index (Phi) is 9.47. The van der Waals surface area contributed by atoms with E-state index in [0.717, 1.165) is 15.9 Å². The summed E-state index contributed by atoms with van der Waals surface area (Å²) in [4.78, 5) is 0. The molecule has 0 saturated heterocycles. The van der Waals surface area contributed by atoms with Gasteiger partial charge in [-0.15, -0.1) is 0 Å². The van der Waals surface area contributed by atoms with Gasteiger partial charge in [0.1, 0.15) is 0 Å². The third kappa shape index (κ3) is 6.60. The van der Waals surface area contributed by atoms with Crippen LogP contribution in [0.15, 0.2) is 164 Å². The Morgan fingerprint density at radius 2 is 0.581 bits per heavy atom. The molecule has 214 valence electrons. The van der Waals surface area contributed by atoms with Gasteiger partial charge in [0, 0.05) is 15.9 Å². The van der Waals surface area contributed by atoms with Gasteiger partial charge in [0.25, 0.3) is 0 Å². The van der Waals surface area contributed by atoms with E-state index >= 15 is 0 Å². The Balaban J connectivity index is 0.000000173. The summed E-state index contributed by atoms with van der Waals surface area (Å²) in [5, 5.41) is 6.61. The molecule has 43 heavy (non-hydrogen) atoms. The molecule has 0 spiro atoms. The molecule has 6 rings (SSSR count). The smallest absolute Gasteiger partial charge is 0.171 e. The van der Waals surface area contributed by atoms with Crippen LogP contribution in [0.25, 0.3) is 0 Å². The molecule has 6 aromatic carbocycles. The lowest BCUT2D eigenvalue weighted by molar-refractivity contribution is 0.592. The van der Waals surface area contributed by atoms with Crippen LogP contribution in [0.3, 0.4) is 0 Å². The maximum Gasteiger partial charge on any atom is 0.171 e. The van der Waals surface area contributed by atoms with Crippen molar-refractivity contribution in [3.8, 4) is 0 Å². The van der Waals surface area contributed by atoms with Crippen LogP contribution in [0.5, 0.6) is 0 Å². The minimum Gasteiger partial charge on any atom is -0.309 e. The maximum absolute atomic E-state index is 13.8. The van der Waals surface area contributed by atoms with Gasteiger partial charge in [-0.2, -0.15) is 0 Å². The zero-order chi connectivity index (χ0) is 30.3. The van der Waals surface area contributed by atoms with Gasteiger partial charge >= 0.3 is 0 Å². The van der Waals surface area contributed by atoms with Crippen molar-refractivity contribution in [2.45, 2.75) is 20.8 Å². The minimum atomic E-state index is -2.78. The Morgan fingerprint density at radius 3 is 0.814 bits per heavy atom. The molecule has 0 N–H and O–H groups in total. The predicted octanol–water partition coefficient (Wildman–Crippen LogP) is 7.66. The molecule has 3 heteroatoms. The highest BCUT2D eigenvalue weighted by Gasteiger charge is 2.29. The van der Waals surface area contributed by atoms with E-state index in [1.54, 1.807) is 0 Å². The normalized spacial score (nSPS) is 11.3. The van der Waals surface area contributed by atoms with E-state index in [1.807, 2.05) is 91.0 Å². The fraction of sp³-hybridized carbons (Fsp3) is 0.0750. The summed E-state index contributed by atoms with van der Waals surface area (Å²) in [7, 11) is -2.78. The van der Waals surface area contributed by atoms with E-state index in [9.17, 15) is 4.57 Å². The topological polar surface area (TPSA) is 17.1 Å². The standard InChI is InChI=1S/C22H23P.C18H15OP/c1-17-5-11-20(12-6-17)23(4,21-13-7-18(2)8-14-21)22-15-9-19(3)10-16-22;19-20(16-10-4-1-5-11-16,17-12-6-2-7-13-17)18-14-8-3-9-15-18/h5-16H,4H2,1-3H3;1-15H. The van der Waals surface area contributed by atoms with Crippen LogP contribution in [0.1, 0.15) is 16.7 Å². The Hall–Kier alpha value is -4.15. The van der Waals surface area contributed by atoms with Crippen molar-refractivity contribution in [1.29, 1.82) is 0 Å². The third-order valence-corrected chi connectivity index (χ3v) is 14.4. The highest BCUT2D eigenvalue weighted by atomic mass is 31.2. The monoisotopic (exact) mass is 596 g/mol. The molecule has 0 unspecified atom stereocenters. The summed E-state index contributed by atoms with van der Waals surface area (Å²) in [5.74, 6) is 0. The average Bonchev–Trinajstić information content (AvgIpc) is 3.06. The molecule has 0 aliphatic rings. The van der Waals surface area contributed by atoms with Crippen molar-refractivity contribution >= 4 is 52.2 Å². The summed E-state index contributed by atoms with van der Waals surface area (Å²) >= 11 is 0. The summed E-state index contributed by atoms with van der Waals surface area (Å²) in [6.07, 6.45) is 4.78. The van der Waals surface area contributed by atoms with E-state index in [2.05, 4.69) is 93.6 Å². The zero-order valence-corrected chi connectivity index (χ0v) is 26.9. The van der Waals surface area contributed by atoms with Crippen molar-refractivity contribution < 1.29 is 4.57 Å². The Morgan fingerprint density at radius 1 is 0.349 bits per heavy atom. The molecule has 1 nitrogen and oxygen atoms in total. The van der Waals surface area contributed by atoms with Gasteiger partial charge in [-0.1, -0.05) is 187 Å². The highest BCUT2D eigenvalue weighted by molar-refractivity contribution is 7.93. The first-order chi connectivity index (χ1) is 20.8. The SMILES string of the molecule is C=P(c1ccc(C)cc1)(c1ccc(C)cc1)c1ccc(C)cc1.O=P(c1ccccc1)(c1ccccc1)c1ccccc1.